The molecule has 2 N–H and O–H groups in total. The van der Waals surface area contributed by atoms with Gasteiger partial charge in [-0.2, -0.15) is 0 Å². The molecule has 0 heterocycles. The minimum absolute atomic E-state index is 0.0571. The third-order valence-corrected chi connectivity index (χ3v) is 3.99. The predicted octanol–water partition coefficient (Wildman–Crippen LogP) is 3.93. The first-order chi connectivity index (χ1) is 8.58. The van der Waals surface area contributed by atoms with Crippen molar-refractivity contribution in [3.63, 3.8) is 0 Å². The summed E-state index contributed by atoms with van der Waals surface area (Å²) in [6, 6.07) is 13.5. The Hall–Kier alpha value is -1.74. The maximum Gasteiger partial charge on any atom is 0.159 e. The van der Waals surface area contributed by atoms with Gasteiger partial charge in [0.05, 0.1) is 0 Å². The molecule has 2 nitrogen and oxygen atoms in total. The Morgan fingerprint density at radius 3 is 2.50 bits per heavy atom. The van der Waals surface area contributed by atoms with E-state index in [1.165, 1.54) is 5.56 Å². The smallest absolute Gasteiger partial charge is 0.159 e. The highest BCUT2D eigenvalue weighted by Crippen LogP contribution is 2.34. The van der Waals surface area contributed by atoms with E-state index < -0.39 is 0 Å². The van der Waals surface area contributed by atoms with Gasteiger partial charge in [-0.3, -0.25) is 4.79 Å². The maximum absolute atomic E-state index is 11.4. The van der Waals surface area contributed by atoms with E-state index in [2.05, 4.69) is 19.1 Å². The van der Waals surface area contributed by atoms with Crippen LogP contribution >= 0.6 is 11.8 Å². The monoisotopic (exact) mass is 257 g/mol. The molecule has 0 aliphatic carbocycles. The maximum atomic E-state index is 11.4. The van der Waals surface area contributed by atoms with Crippen molar-refractivity contribution in [1.82, 2.24) is 0 Å². The number of aryl methyl sites for hydroxylation is 1. The summed E-state index contributed by atoms with van der Waals surface area (Å²) in [5.41, 5.74) is 8.56. The molecule has 2 aromatic carbocycles. The Morgan fingerprint density at radius 1 is 1.11 bits per heavy atom. The Labute approximate surface area is 111 Å². The van der Waals surface area contributed by atoms with Crippen LogP contribution in [0.3, 0.4) is 0 Å². The molecule has 2 rings (SSSR count). The van der Waals surface area contributed by atoms with Crippen molar-refractivity contribution in [1.29, 1.82) is 0 Å². The van der Waals surface area contributed by atoms with Crippen molar-refractivity contribution in [3.8, 4) is 0 Å². The molecule has 0 atom stereocenters. The highest BCUT2D eigenvalue weighted by atomic mass is 32.2. The second kappa shape index (κ2) is 5.27. The van der Waals surface area contributed by atoms with Crippen molar-refractivity contribution in [3.05, 3.63) is 53.6 Å². The number of hydrogen-bond donors (Lipinski definition) is 1. The van der Waals surface area contributed by atoms with E-state index >= 15 is 0 Å². The van der Waals surface area contributed by atoms with Crippen LogP contribution in [0, 0.1) is 6.92 Å². The lowest BCUT2D eigenvalue weighted by molar-refractivity contribution is 0.101. The molecule has 0 bridgehead atoms. The van der Waals surface area contributed by atoms with Crippen molar-refractivity contribution in [2.75, 3.05) is 5.73 Å². The molecular weight excluding hydrogens is 242 g/mol. The number of nitrogen functional groups attached to an aromatic ring is 1. The fourth-order valence-electron chi connectivity index (χ4n) is 1.63. The summed E-state index contributed by atoms with van der Waals surface area (Å²) < 4.78 is 0. The summed E-state index contributed by atoms with van der Waals surface area (Å²) in [5, 5.41) is 0. The SMILES string of the molecule is CC(=O)c1ccc(N)c(Sc2ccccc2C)c1. The zero-order chi connectivity index (χ0) is 13.1. The number of carbonyl (C=O) groups excluding carboxylic acids is 1. The number of ketones is 1. The largest absolute Gasteiger partial charge is 0.398 e. The van der Waals surface area contributed by atoms with E-state index in [1.807, 2.05) is 18.2 Å². The topological polar surface area (TPSA) is 43.1 Å². The van der Waals surface area contributed by atoms with E-state index in [0.717, 1.165) is 9.79 Å². The van der Waals surface area contributed by atoms with Crippen molar-refractivity contribution < 1.29 is 4.79 Å². The van der Waals surface area contributed by atoms with Gasteiger partial charge in [0.25, 0.3) is 0 Å². The van der Waals surface area contributed by atoms with E-state index in [0.29, 0.717) is 11.3 Å². The Kier molecular flexibility index (Phi) is 3.72. The van der Waals surface area contributed by atoms with Gasteiger partial charge in [0.15, 0.2) is 5.78 Å². The average molecular weight is 257 g/mol. The number of anilines is 1. The highest BCUT2D eigenvalue weighted by molar-refractivity contribution is 7.99. The summed E-state index contributed by atoms with van der Waals surface area (Å²) in [7, 11) is 0. The van der Waals surface area contributed by atoms with Gasteiger partial charge in [0.2, 0.25) is 0 Å². The normalized spacial score (nSPS) is 10.3. The first-order valence-electron chi connectivity index (χ1n) is 5.72. The fourth-order valence-corrected chi connectivity index (χ4v) is 2.62. The summed E-state index contributed by atoms with van der Waals surface area (Å²) in [6.07, 6.45) is 0. The van der Waals surface area contributed by atoms with E-state index in [9.17, 15) is 4.79 Å². The number of nitrogens with two attached hydrogens (primary N) is 1. The van der Waals surface area contributed by atoms with Crippen LogP contribution < -0.4 is 5.73 Å². The van der Waals surface area contributed by atoms with E-state index in [-0.39, 0.29) is 5.78 Å². The predicted molar refractivity (Wildman–Crippen MR) is 76.2 cm³/mol. The molecule has 0 saturated heterocycles. The zero-order valence-electron chi connectivity index (χ0n) is 10.4. The summed E-state index contributed by atoms with van der Waals surface area (Å²) >= 11 is 1.60. The Morgan fingerprint density at radius 2 is 1.83 bits per heavy atom. The molecule has 0 aliphatic heterocycles. The van der Waals surface area contributed by atoms with Crippen LogP contribution in [0.5, 0.6) is 0 Å². The quantitative estimate of drug-likeness (QED) is 0.669. The number of benzene rings is 2. The lowest BCUT2D eigenvalue weighted by Crippen LogP contribution is -1.95. The standard InChI is InChI=1S/C15H15NOS/c1-10-5-3-4-6-14(10)18-15-9-12(11(2)17)7-8-13(15)16/h3-9H,16H2,1-2H3. The Balaban J connectivity index is 2.37. The van der Waals surface area contributed by atoms with Crippen molar-refractivity contribution in [2.45, 2.75) is 23.6 Å². The molecule has 92 valence electrons. The van der Waals surface area contributed by atoms with Crippen LogP contribution in [0.1, 0.15) is 22.8 Å². The van der Waals surface area contributed by atoms with Crippen LogP contribution in [0.4, 0.5) is 5.69 Å². The summed E-state index contributed by atoms with van der Waals surface area (Å²) in [4.78, 5) is 13.5. The number of rotatable bonds is 3. The van der Waals surface area contributed by atoms with Gasteiger partial charge in [0, 0.05) is 21.0 Å². The molecule has 2 aromatic rings. The molecule has 0 spiro atoms. The van der Waals surface area contributed by atoms with Crippen LogP contribution in [0.2, 0.25) is 0 Å². The lowest BCUT2D eigenvalue weighted by atomic mass is 10.1. The fraction of sp³-hybridized carbons (Fsp3) is 0.133. The van der Waals surface area contributed by atoms with E-state index in [1.54, 1.807) is 30.8 Å². The van der Waals surface area contributed by atoms with Crippen LogP contribution in [0.15, 0.2) is 52.3 Å². The van der Waals surface area contributed by atoms with Gasteiger partial charge in [-0.25, -0.2) is 0 Å². The molecule has 0 saturated carbocycles. The molecule has 0 aromatic heterocycles. The third kappa shape index (κ3) is 2.74. The summed E-state index contributed by atoms with van der Waals surface area (Å²) in [5.74, 6) is 0.0571. The lowest BCUT2D eigenvalue weighted by Gasteiger charge is -2.09. The molecule has 0 amide bonds. The number of Topliss-reactive ketones (excluding diaryl/α,β-unsaturated/α-hetero) is 1. The molecule has 0 fully saturated rings. The summed E-state index contributed by atoms with van der Waals surface area (Å²) in [6.45, 7) is 3.63. The number of carbonyl (C=O) groups is 1. The van der Waals surface area contributed by atoms with Crippen LogP contribution in [0.25, 0.3) is 0 Å². The Bertz CT molecular complexity index is 593. The first kappa shape index (κ1) is 12.7. The second-order valence-corrected chi connectivity index (χ2v) is 5.26. The van der Waals surface area contributed by atoms with Gasteiger partial charge in [-0.15, -0.1) is 0 Å². The van der Waals surface area contributed by atoms with Crippen LogP contribution in [-0.2, 0) is 0 Å². The highest BCUT2D eigenvalue weighted by Gasteiger charge is 2.07. The molecule has 3 heteroatoms. The average Bonchev–Trinajstić information content (AvgIpc) is 2.34. The molecule has 0 radical (unpaired) electrons. The molecule has 0 aliphatic rings. The first-order valence-corrected chi connectivity index (χ1v) is 6.53. The van der Waals surface area contributed by atoms with Gasteiger partial charge < -0.3 is 5.73 Å². The zero-order valence-corrected chi connectivity index (χ0v) is 11.3. The third-order valence-electron chi connectivity index (χ3n) is 2.73. The van der Waals surface area contributed by atoms with Gasteiger partial charge in [-0.05, 0) is 43.7 Å². The van der Waals surface area contributed by atoms with Gasteiger partial charge >= 0.3 is 0 Å². The number of hydrogen-bond acceptors (Lipinski definition) is 3. The minimum Gasteiger partial charge on any atom is -0.398 e. The van der Waals surface area contributed by atoms with Crippen molar-refractivity contribution in [2.24, 2.45) is 0 Å². The second-order valence-electron chi connectivity index (χ2n) is 4.18. The molecule has 0 unspecified atom stereocenters. The van der Waals surface area contributed by atoms with E-state index in [4.69, 9.17) is 5.73 Å². The van der Waals surface area contributed by atoms with Gasteiger partial charge in [0.1, 0.15) is 0 Å². The minimum atomic E-state index is 0.0571. The van der Waals surface area contributed by atoms with Crippen LogP contribution in [-0.4, -0.2) is 5.78 Å². The van der Waals surface area contributed by atoms with Crippen molar-refractivity contribution >= 4 is 23.2 Å². The molecule has 18 heavy (non-hydrogen) atoms. The van der Waals surface area contributed by atoms with Gasteiger partial charge in [-0.1, -0.05) is 30.0 Å². The molecular formula is C15H15NOS.